The first-order valence-electron chi connectivity index (χ1n) is 27.4. The summed E-state index contributed by atoms with van der Waals surface area (Å²) < 4.78 is 43.7. The summed E-state index contributed by atoms with van der Waals surface area (Å²) in [6, 6.07) is 0. The maximum absolute atomic E-state index is 14.8. The molecule has 20 heteroatoms. The highest BCUT2D eigenvalue weighted by Gasteiger charge is 2.70. The van der Waals surface area contributed by atoms with Crippen LogP contribution in [0.15, 0.2) is 11.6 Å². The summed E-state index contributed by atoms with van der Waals surface area (Å²) in [5.74, 6) is -1.11. The van der Waals surface area contributed by atoms with Crippen LogP contribution in [0.1, 0.15) is 126 Å². The van der Waals surface area contributed by atoms with E-state index in [0.29, 0.717) is 19.3 Å². The predicted molar refractivity (Wildman–Crippen MR) is 259 cm³/mol. The van der Waals surface area contributed by atoms with Crippen LogP contribution >= 0.6 is 0 Å². The van der Waals surface area contributed by atoms with Gasteiger partial charge in [-0.1, -0.05) is 60.1 Å². The van der Waals surface area contributed by atoms with Crippen LogP contribution in [0.25, 0.3) is 0 Å². The molecule has 0 amide bonds. The highest BCUT2D eigenvalue weighted by molar-refractivity contribution is 5.79. The van der Waals surface area contributed by atoms with E-state index < -0.39 is 152 Å². The fourth-order valence-corrected chi connectivity index (χ4v) is 16.6. The van der Waals surface area contributed by atoms with Crippen LogP contribution in [0.3, 0.4) is 0 Å². The van der Waals surface area contributed by atoms with Gasteiger partial charge in [-0.2, -0.15) is 0 Å². The van der Waals surface area contributed by atoms with Crippen molar-refractivity contribution in [3.8, 4) is 0 Å². The molecule has 9 rings (SSSR count). The first kappa shape index (κ1) is 57.2. The Morgan fingerprint density at radius 1 is 0.649 bits per heavy atom. The molecule has 0 aromatic rings. The van der Waals surface area contributed by atoms with Crippen LogP contribution in [-0.2, 0) is 38.0 Å². The summed E-state index contributed by atoms with van der Waals surface area (Å²) in [7, 11) is 0. The maximum Gasteiger partial charge on any atom is 0.315 e. The van der Waals surface area contributed by atoms with Crippen LogP contribution in [0, 0.1) is 56.2 Å². The molecule has 0 spiro atoms. The van der Waals surface area contributed by atoms with Crippen LogP contribution in [-0.4, -0.2) is 204 Å². The van der Waals surface area contributed by atoms with Gasteiger partial charge in [-0.15, -0.1) is 0 Å². The lowest BCUT2D eigenvalue weighted by atomic mass is 9.33. The number of allylic oxidation sites excluding steroid dienone is 2. The average Bonchev–Trinajstić information content (AvgIpc) is 3.35. The highest BCUT2D eigenvalue weighted by Crippen LogP contribution is 2.76. The minimum absolute atomic E-state index is 0.0750. The van der Waals surface area contributed by atoms with Gasteiger partial charge < -0.3 is 94.4 Å². The maximum atomic E-state index is 14.8. The fourth-order valence-electron chi connectivity index (χ4n) is 16.6. The number of ether oxygens (including phenoxy) is 7. The zero-order valence-electron chi connectivity index (χ0n) is 44.4. The van der Waals surface area contributed by atoms with Gasteiger partial charge in [0.05, 0.1) is 43.0 Å². The Morgan fingerprint density at radius 3 is 2.00 bits per heavy atom. The lowest BCUT2D eigenvalue weighted by Gasteiger charge is -2.71. The third-order valence-electron chi connectivity index (χ3n) is 21.5. The van der Waals surface area contributed by atoms with Gasteiger partial charge in [0.2, 0.25) is 6.29 Å². The summed E-state index contributed by atoms with van der Waals surface area (Å²) in [5, 5.41) is 128. The quantitative estimate of drug-likeness (QED) is 0.0795. The average molecular weight is 1060 g/mol. The van der Waals surface area contributed by atoms with Crippen molar-refractivity contribution in [1.82, 2.24) is 0 Å². The molecule has 20 nitrogen and oxygen atoms in total. The molecule has 5 saturated carbocycles. The van der Waals surface area contributed by atoms with Crippen molar-refractivity contribution >= 4 is 5.97 Å². The normalized spacial score (nSPS) is 54.1. The van der Waals surface area contributed by atoms with Crippen molar-refractivity contribution in [2.45, 2.75) is 243 Å². The van der Waals surface area contributed by atoms with E-state index in [-0.39, 0.29) is 52.4 Å². The molecule has 6 aliphatic carbocycles. The van der Waals surface area contributed by atoms with E-state index in [4.69, 9.17) is 33.2 Å². The zero-order chi connectivity index (χ0) is 54.0. The SMILES string of the molecule is CC1OC(OC2C(OC3CCC4(C)C(CCC5(C)C4CC=C4C6CC(C)(C)CCC6(C(=O)OC6OC(CO)C(O)C(O)C6O)CCC45C)C3(C)C)OCC(O)C2OC2CC(CO)C(O)C(O)C2O)C(O)C(O)C1O. The van der Waals surface area contributed by atoms with Gasteiger partial charge in [-0.05, 0) is 122 Å². The lowest BCUT2D eigenvalue weighted by Crippen LogP contribution is -2.66. The van der Waals surface area contributed by atoms with E-state index >= 15 is 0 Å². The van der Waals surface area contributed by atoms with E-state index in [1.807, 2.05) is 0 Å². The van der Waals surface area contributed by atoms with Crippen LogP contribution in [0.5, 0.6) is 0 Å². The Kier molecular flexibility index (Phi) is 15.9. The Morgan fingerprint density at radius 2 is 1.31 bits per heavy atom. The molecule has 8 fully saturated rings. The Balaban J connectivity index is 0.973. The van der Waals surface area contributed by atoms with Gasteiger partial charge in [-0.25, -0.2) is 0 Å². The summed E-state index contributed by atoms with van der Waals surface area (Å²) in [5.41, 5.74) is -0.819. The molecule has 74 heavy (non-hydrogen) atoms. The molecule has 424 valence electrons. The van der Waals surface area contributed by atoms with Gasteiger partial charge in [0, 0.05) is 12.5 Å². The van der Waals surface area contributed by atoms with Gasteiger partial charge in [0.25, 0.3) is 0 Å². The first-order valence-corrected chi connectivity index (χ1v) is 27.4. The number of carbonyl (C=O) groups excluding carboxylic acids is 1. The molecule has 3 saturated heterocycles. The third kappa shape index (κ3) is 9.19. The van der Waals surface area contributed by atoms with Crippen molar-refractivity contribution in [1.29, 1.82) is 0 Å². The van der Waals surface area contributed by atoms with Gasteiger partial charge >= 0.3 is 5.97 Å². The van der Waals surface area contributed by atoms with Crippen molar-refractivity contribution in [3.05, 3.63) is 11.6 Å². The molecule has 27 atom stereocenters. The lowest BCUT2D eigenvalue weighted by molar-refractivity contribution is -0.372. The Labute approximate surface area is 434 Å². The second-order valence-corrected chi connectivity index (χ2v) is 26.3. The second kappa shape index (κ2) is 20.5. The first-order chi connectivity index (χ1) is 34.6. The van der Waals surface area contributed by atoms with Crippen LogP contribution < -0.4 is 0 Å². The minimum atomic E-state index is -1.73. The van der Waals surface area contributed by atoms with Crippen molar-refractivity contribution in [2.75, 3.05) is 19.8 Å². The van der Waals surface area contributed by atoms with Gasteiger partial charge in [0.15, 0.2) is 12.6 Å². The van der Waals surface area contributed by atoms with Crippen molar-refractivity contribution < 1.29 is 99.2 Å². The molecule has 12 N–H and O–H groups in total. The number of fused-ring (bicyclic) bond motifs is 7. The Bertz CT molecular complexity index is 2040. The van der Waals surface area contributed by atoms with E-state index in [9.17, 15) is 66.1 Å². The summed E-state index contributed by atoms with van der Waals surface area (Å²) in [4.78, 5) is 14.8. The van der Waals surface area contributed by atoms with Crippen molar-refractivity contribution in [3.63, 3.8) is 0 Å². The van der Waals surface area contributed by atoms with E-state index in [1.54, 1.807) is 0 Å². The van der Waals surface area contributed by atoms with Crippen LogP contribution in [0.2, 0.25) is 0 Å². The van der Waals surface area contributed by atoms with Crippen molar-refractivity contribution in [2.24, 2.45) is 56.2 Å². The standard InChI is InChI=1S/C54H88O20/c1-24-34(58)38(62)41(65)45(69-24)73-44-43(70-29-19-25(21-55)35(59)39(63)36(29)60)28(57)23-68-47(44)72-33-12-13-51(6)31(50(33,4)5)11-14-53(8)32(51)10-9-26-27-20-49(2,3)15-17-54(27,18-16-52(26,53)7)48(67)74-46-42(66)40(64)37(61)30(22-56)71-46/h9,24-25,27-47,55-66H,10-23H2,1-8H3. The molecule has 3 heterocycles. The van der Waals surface area contributed by atoms with Crippen LogP contribution in [0.4, 0.5) is 0 Å². The number of esters is 1. The molecule has 0 bridgehead atoms. The third-order valence-corrected chi connectivity index (χ3v) is 21.5. The summed E-state index contributed by atoms with van der Waals surface area (Å²) in [6.45, 7) is 16.2. The monoisotopic (exact) mass is 1060 g/mol. The summed E-state index contributed by atoms with van der Waals surface area (Å²) in [6.07, 6.45) is -17.0. The largest absolute Gasteiger partial charge is 0.432 e. The molecule has 9 aliphatic rings. The molecule has 27 unspecified atom stereocenters. The van der Waals surface area contributed by atoms with E-state index in [0.717, 1.165) is 44.9 Å². The molecule has 3 aliphatic heterocycles. The fraction of sp³-hybridized carbons (Fsp3) is 0.944. The molecular weight excluding hydrogens is 969 g/mol. The Hall–Kier alpha value is -1.51. The van der Waals surface area contributed by atoms with E-state index in [1.165, 1.54) is 12.5 Å². The van der Waals surface area contributed by atoms with Gasteiger partial charge in [0.1, 0.15) is 73.2 Å². The molecule has 0 radical (unpaired) electrons. The second-order valence-electron chi connectivity index (χ2n) is 26.3. The number of hydrogen-bond donors (Lipinski definition) is 12. The molecule has 0 aromatic carbocycles. The smallest absolute Gasteiger partial charge is 0.315 e. The molecule has 0 aromatic heterocycles. The predicted octanol–water partition coefficient (Wildman–Crippen LogP) is 0.295. The number of carbonyl (C=O) groups is 1. The zero-order valence-corrected chi connectivity index (χ0v) is 44.4. The molecular formula is C54H88O20. The highest BCUT2D eigenvalue weighted by atomic mass is 16.8. The van der Waals surface area contributed by atoms with Gasteiger partial charge in [-0.3, -0.25) is 4.79 Å². The summed E-state index contributed by atoms with van der Waals surface area (Å²) >= 11 is 0. The topological polar surface area (TPSA) is 324 Å². The number of aliphatic hydroxyl groups excluding tert-OH is 12. The number of rotatable bonds is 10. The number of aliphatic hydroxyl groups is 12. The minimum Gasteiger partial charge on any atom is -0.432 e. The van der Waals surface area contributed by atoms with E-state index in [2.05, 4.69) is 54.5 Å². The number of hydrogen-bond acceptors (Lipinski definition) is 20.